The second-order valence-corrected chi connectivity index (χ2v) is 6.36. The fourth-order valence-electron chi connectivity index (χ4n) is 3.29. The molecule has 0 aliphatic heterocycles. The van der Waals surface area contributed by atoms with Gasteiger partial charge in [-0.3, -0.25) is 9.78 Å². The molecule has 0 saturated carbocycles. The molecule has 1 N–H and O–H groups in total. The van der Waals surface area contributed by atoms with Crippen molar-refractivity contribution in [1.82, 2.24) is 14.8 Å². The van der Waals surface area contributed by atoms with Gasteiger partial charge in [0.1, 0.15) is 5.82 Å². The summed E-state index contributed by atoms with van der Waals surface area (Å²) in [6.07, 6.45) is 3.35. The van der Waals surface area contributed by atoms with Crippen LogP contribution in [0.1, 0.15) is 15.9 Å². The van der Waals surface area contributed by atoms with E-state index >= 15 is 0 Å². The Bertz CT molecular complexity index is 1160. The highest BCUT2D eigenvalue weighted by Gasteiger charge is 2.15. The number of para-hydroxylation sites is 1. The maximum Gasteiger partial charge on any atom is 0.257 e. The summed E-state index contributed by atoms with van der Waals surface area (Å²) in [6.45, 7) is 0.417. The molecule has 4 aromatic rings. The lowest BCUT2D eigenvalue weighted by atomic mass is 10.1. The van der Waals surface area contributed by atoms with Gasteiger partial charge in [-0.1, -0.05) is 24.3 Å². The van der Waals surface area contributed by atoms with Crippen molar-refractivity contribution >= 4 is 22.6 Å². The minimum atomic E-state index is -0.219. The van der Waals surface area contributed by atoms with Crippen LogP contribution in [0.2, 0.25) is 0 Å². The van der Waals surface area contributed by atoms with E-state index in [9.17, 15) is 4.79 Å². The second-order valence-electron chi connectivity index (χ2n) is 6.36. The van der Waals surface area contributed by atoms with Gasteiger partial charge >= 0.3 is 0 Å². The SMILES string of the molecule is COc1cccc(Cn2nccc2NC(=O)c2cccc3ncccc23)c1OC. The van der Waals surface area contributed by atoms with Crippen LogP contribution in [0.3, 0.4) is 0 Å². The predicted molar refractivity (Wildman–Crippen MR) is 111 cm³/mol. The molecule has 0 atom stereocenters. The van der Waals surface area contributed by atoms with Crippen LogP contribution in [0.4, 0.5) is 5.82 Å². The average molecular weight is 388 g/mol. The number of methoxy groups -OCH3 is 2. The van der Waals surface area contributed by atoms with E-state index in [4.69, 9.17) is 9.47 Å². The number of carbonyl (C=O) groups is 1. The molecule has 0 fully saturated rings. The first-order chi connectivity index (χ1) is 14.2. The summed E-state index contributed by atoms with van der Waals surface area (Å²) >= 11 is 0. The predicted octanol–water partition coefficient (Wildman–Crippen LogP) is 3.75. The van der Waals surface area contributed by atoms with Crippen LogP contribution >= 0.6 is 0 Å². The van der Waals surface area contributed by atoms with Crippen molar-refractivity contribution in [2.24, 2.45) is 0 Å². The molecule has 0 aliphatic rings. The number of hydrogen-bond acceptors (Lipinski definition) is 5. The summed E-state index contributed by atoms with van der Waals surface area (Å²) < 4.78 is 12.6. The van der Waals surface area contributed by atoms with Gasteiger partial charge in [0, 0.05) is 28.8 Å². The fourth-order valence-corrected chi connectivity index (χ4v) is 3.29. The molecule has 2 aromatic carbocycles. The minimum absolute atomic E-state index is 0.219. The van der Waals surface area contributed by atoms with Gasteiger partial charge in [-0.15, -0.1) is 0 Å². The summed E-state index contributed by atoms with van der Waals surface area (Å²) in [4.78, 5) is 17.2. The monoisotopic (exact) mass is 388 g/mol. The van der Waals surface area contributed by atoms with Crippen LogP contribution in [0.5, 0.6) is 11.5 Å². The Kier molecular flexibility index (Phi) is 5.11. The summed E-state index contributed by atoms with van der Waals surface area (Å²) in [5, 5.41) is 8.09. The number of hydrogen-bond donors (Lipinski definition) is 1. The maximum absolute atomic E-state index is 12.9. The molecule has 0 spiro atoms. The number of anilines is 1. The molecule has 29 heavy (non-hydrogen) atoms. The minimum Gasteiger partial charge on any atom is -0.493 e. The van der Waals surface area contributed by atoms with Gasteiger partial charge in [0.25, 0.3) is 5.91 Å². The largest absolute Gasteiger partial charge is 0.493 e. The molecule has 0 radical (unpaired) electrons. The number of nitrogens with one attached hydrogen (secondary N) is 1. The normalized spacial score (nSPS) is 10.7. The van der Waals surface area contributed by atoms with Crippen molar-refractivity contribution in [3.05, 3.63) is 78.1 Å². The van der Waals surface area contributed by atoms with E-state index in [0.717, 1.165) is 16.5 Å². The highest BCUT2D eigenvalue weighted by Crippen LogP contribution is 2.31. The molecule has 1 amide bonds. The number of aromatic nitrogens is 3. The molecule has 2 aromatic heterocycles. The lowest BCUT2D eigenvalue weighted by Gasteiger charge is -2.14. The number of amides is 1. The van der Waals surface area contributed by atoms with E-state index in [1.165, 1.54) is 0 Å². The lowest BCUT2D eigenvalue weighted by molar-refractivity contribution is 0.102. The second kappa shape index (κ2) is 8.02. The number of pyridine rings is 1. The van der Waals surface area contributed by atoms with E-state index in [1.807, 2.05) is 42.5 Å². The summed E-state index contributed by atoms with van der Waals surface area (Å²) in [5.41, 5.74) is 2.22. The number of carbonyl (C=O) groups excluding carboxylic acids is 1. The molecular formula is C22H20N4O3. The Labute approximate surface area is 167 Å². The Balaban J connectivity index is 1.61. The third-order valence-electron chi connectivity index (χ3n) is 4.65. The molecular weight excluding hydrogens is 368 g/mol. The van der Waals surface area contributed by atoms with E-state index in [0.29, 0.717) is 29.4 Å². The Morgan fingerprint density at radius 2 is 1.86 bits per heavy atom. The molecule has 7 heteroatoms. The van der Waals surface area contributed by atoms with E-state index in [2.05, 4.69) is 15.4 Å². The standard InChI is InChI=1S/C22H20N4O3/c1-28-19-10-3-6-15(21(19)29-2)14-26-20(11-13-24-26)25-22(27)17-7-4-9-18-16(17)8-5-12-23-18/h3-13H,14H2,1-2H3,(H,25,27). The molecule has 7 nitrogen and oxygen atoms in total. The molecule has 0 bridgehead atoms. The molecule has 2 heterocycles. The first-order valence-electron chi connectivity index (χ1n) is 9.08. The van der Waals surface area contributed by atoms with Crippen LogP contribution < -0.4 is 14.8 Å². The topological polar surface area (TPSA) is 78.3 Å². The Morgan fingerprint density at radius 3 is 2.69 bits per heavy atom. The van der Waals surface area contributed by atoms with Crippen molar-refractivity contribution in [2.45, 2.75) is 6.54 Å². The van der Waals surface area contributed by atoms with Crippen LogP contribution in [-0.4, -0.2) is 34.9 Å². The number of nitrogens with zero attached hydrogens (tertiary/aromatic N) is 3. The van der Waals surface area contributed by atoms with Crippen LogP contribution in [0, 0.1) is 0 Å². The number of benzene rings is 2. The van der Waals surface area contributed by atoms with Crippen molar-refractivity contribution < 1.29 is 14.3 Å². The van der Waals surface area contributed by atoms with Gasteiger partial charge < -0.3 is 14.8 Å². The van der Waals surface area contributed by atoms with Crippen LogP contribution in [-0.2, 0) is 6.54 Å². The van der Waals surface area contributed by atoms with Gasteiger partial charge in [-0.25, -0.2) is 4.68 Å². The van der Waals surface area contributed by atoms with Crippen LogP contribution in [0.25, 0.3) is 10.9 Å². The maximum atomic E-state index is 12.9. The van der Waals surface area contributed by atoms with Crippen LogP contribution in [0.15, 0.2) is 67.0 Å². The highest BCUT2D eigenvalue weighted by atomic mass is 16.5. The highest BCUT2D eigenvalue weighted by molar-refractivity contribution is 6.12. The Morgan fingerprint density at radius 1 is 1.00 bits per heavy atom. The molecule has 0 unspecified atom stereocenters. The van der Waals surface area contributed by atoms with Gasteiger partial charge in [-0.2, -0.15) is 5.10 Å². The first kappa shape index (κ1) is 18.5. The van der Waals surface area contributed by atoms with E-state index in [-0.39, 0.29) is 5.91 Å². The smallest absolute Gasteiger partial charge is 0.257 e. The number of fused-ring (bicyclic) bond motifs is 1. The van der Waals surface area contributed by atoms with Crippen molar-refractivity contribution in [3.63, 3.8) is 0 Å². The first-order valence-corrected chi connectivity index (χ1v) is 9.08. The number of ether oxygens (including phenoxy) is 2. The number of rotatable bonds is 6. The van der Waals surface area contributed by atoms with E-state index in [1.54, 1.807) is 43.4 Å². The summed E-state index contributed by atoms with van der Waals surface area (Å²) in [6, 6.07) is 16.6. The zero-order valence-electron chi connectivity index (χ0n) is 16.1. The zero-order chi connectivity index (χ0) is 20.2. The molecule has 0 aliphatic carbocycles. The Hall–Kier alpha value is -3.87. The molecule has 4 rings (SSSR count). The van der Waals surface area contributed by atoms with Gasteiger partial charge in [-0.05, 0) is 24.3 Å². The summed E-state index contributed by atoms with van der Waals surface area (Å²) in [5.74, 6) is 1.65. The van der Waals surface area contributed by atoms with Crippen molar-refractivity contribution in [1.29, 1.82) is 0 Å². The summed E-state index contributed by atoms with van der Waals surface area (Å²) in [7, 11) is 3.20. The van der Waals surface area contributed by atoms with Gasteiger partial charge in [0.15, 0.2) is 11.5 Å². The zero-order valence-corrected chi connectivity index (χ0v) is 16.1. The van der Waals surface area contributed by atoms with Gasteiger partial charge in [0.2, 0.25) is 0 Å². The third kappa shape index (κ3) is 3.62. The van der Waals surface area contributed by atoms with Crippen molar-refractivity contribution in [3.8, 4) is 11.5 Å². The average Bonchev–Trinajstić information content (AvgIpc) is 3.19. The molecule has 0 saturated heterocycles. The molecule has 146 valence electrons. The fraction of sp³-hybridized carbons (Fsp3) is 0.136. The van der Waals surface area contributed by atoms with Gasteiger partial charge in [0.05, 0.1) is 32.5 Å². The third-order valence-corrected chi connectivity index (χ3v) is 4.65. The van der Waals surface area contributed by atoms with Crippen molar-refractivity contribution in [2.75, 3.05) is 19.5 Å². The quantitative estimate of drug-likeness (QED) is 0.544. The lowest BCUT2D eigenvalue weighted by Crippen LogP contribution is -2.16. The van der Waals surface area contributed by atoms with E-state index < -0.39 is 0 Å².